The Hall–Kier alpha value is -1.81. The van der Waals surface area contributed by atoms with Crippen LogP contribution in [0.25, 0.3) is 0 Å². The van der Waals surface area contributed by atoms with E-state index in [1.54, 1.807) is 0 Å². The molecule has 1 atom stereocenters. The van der Waals surface area contributed by atoms with Crippen LogP contribution in [0.15, 0.2) is 30.7 Å². The van der Waals surface area contributed by atoms with E-state index in [1.165, 1.54) is 35.2 Å². The van der Waals surface area contributed by atoms with Crippen molar-refractivity contribution in [1.29, 1.82) is 0 Å². The van der Waals surface area contributed by atoms with E-state index in [1.807, 2.05) is 17.4 Å². The van der Waals surface area contributed by atoms with E-state index >= 15 is 0 Å². The predicted octanol–water partition coefficient (Wildman–Crippen LogP) is 2.95. The minimum atomic E-state index is 0.0233. The van der Waals surface area contributed by atoms with Crippen LogP contribution in [0.3, 0.4) is 0 Å². The minimum absolute atomic E-state index is 0.0233. The zero-order valence-electron chi connectivity index (χ0n) is 13.7. The average Bonchev–Trinajstić information content (AvgIpc) is 3.26. The first-order chi connectivity index (χ1) is 11.7. The monoisotopic (exact) mass is 343 g/mol. The molecule has 0 fully saturated rings. The van der Waals surface area contributed by atoms with Crippen molar-refractivity contribution in [2.45, 2.75) is 51.2 Å². The number of fused-ring (bicyclic) bond motifs is 2. The summed E-state index contributed by atoms with van der Waals surface area (Å²) in [6.07, 6.45) is 9.19. The number of nitrogens with zero attached hydrogens (tertiary/aromatic N) is 3. The molecule has 1 aromatic heterocycles. The summed E-state index contributed by atoms with van der Waals surface area (Å²) in [5, 5.41) is 0. The summed E-state index contributed by atoms with van der Waals surface area (Å²) in [5.74, 6) is 0.0656. The fraction of sp³-hybridized carbons (Fsp3) is 0.474. The zero-order chi connectivity index (χ0) is 16.5. The topological polar surface area (TPSA) is 38.1 Å². The van der Waals surface area contributed by atoms with Gasteiger partial charge in [0, 0.05) is 37.4 Å². The van der Waals surface area contributed by atoms with Gasteiger partial charge in [-0.1, -0.05) is 18.2 Å². The zero-order valence-corrected chi connectivity index (χ0v) is 14.5. The molecule has 1 unspecified atom stereocenters. The van der Waals surface area contributed by atoms with Crippen molar-refractivity contribution in [1.82, 2.24) is 14.5 Å². The van der Waals surface area contributed by atoms with Crippen LogP contribution in [-0.4, -0.2) is 32.3 Å². The van der Waals surface area contributed by atoms with E-state index in [4.69, 9.17) is 11.6 Å². The van der Waals surface area contributed by atoms with E-state index in [9.17, 15) is 4.79 Å². The molecule has 0 radical (unpaired) electrons. The molecule has 0 spiro atoms. The first-order valence-electron chi connectivity index (χ1n) is 8.69. The molecule has 1 aliphatic carbocycles. The second-order valence-electron chi connectivity index (χ2n) is 6.84. The van der Waals surface area contributed by atoms with Gasteiger partial charge in [-0.25, -0.2) is 4.98 Å². The first kappa shape index (κ1) is 15.7. The molecule has 0 saturated carbocycles. The molecule has 2 heterocycles. The predicted molar refractivity (Wildman–Crippen MR) is 94.1 cm³/mol. The summed E-state index contributed by atoms with van der Waals surface area (Å²) in [4.78, 5) is 18.7. The lowest BCUT2D eigenvalue weighted by molar-refractivity contribution is -0.131. The van der Waals surface area contributed by atoms with Crippen LogP contribution in [0.1, 0.15) is 35.2 Å². The van der Waals surface area contributed by atoms with Crippen LogP contribution >= 0.6 is 11.6 Å². The molecule has 5 heteroatoms. The van der Waals surface area contributed by atoms with Gasteiger partial charge in [0.2, 0.25) is 5.91 Å². The number of amides is 1. The number of aromatic nitrogens is 2. The highest BCUT2D eigenvalue weighted by molar-refractivity contribution is 6.27. The third kappa shape index (κ3) is 2.95. The van der Waals surface area contributed by atoms with Gasteiger partial charge in [0.1, 0.15) is 5.88 Å². The second-order valence-corrected chi connectivity index (χ2v) is 7.10. The van der Waals surface area contributed by atoms with Crippen LogP contribution in [0.5, 0.6) is 0 Å². The summed E-state index contributed by atoms with van der Waals surface area (Å²) in [6, 6.07) is 6.89. The molecule has 1 aliphatic heterocycles. The Morgan fingerprint density at radius 1 is 1.33 bits per heavy atom. The van der Waals surface area contributed by atoms with Gasteiger partial charge < -0.3 is 9.47 Å². The molecular formula is C19H22ClN3O. The Labute approximate surface area is 147 Å². The Kier molecular flexibility index (Phi) is 4.31. The number of imidazole rings is 1. The largest absolute Gasteiger partial charge is 0.334 e. The Balaban J connectivity index is 1.55. The maximum atomic E-state index is 12.5. The highest BCUT2D eigenvalue weighted by Gasteiger charge is 2.28. The third-order valence-corrected chi connectivity index (χ3v) is 5.57. The number of carbonyl (C=O) groups is 1. The summed E-state index contributed by atoms with van der Waals surface area (Å²) < 4.78 is 2.18. The van der Waals surface area contributed by atoms with Gasteiger partial charge in [0.25, 0.3) is 0 Å². The quantitative estimate of drug-likeness (QED) is 0.800. The Morgan fingerprint density at radius 3 is 3.08 bits per heavy atom. The Bertz CT molecular complexity index is 755. The molecule has 1 aromatic carbocycles. The summed E-state index contributed by atoms with van der Waals surface area (Å²) >= 11 is 5.90. The third-order valence-electron chi connectivity index (χ3n) is 5.34. The van der Waals surface area contributed by atoms with Gasteiger partial charge in [-0.2, -0.15) is 0 Å². The summed E-state index contributed by atoms with van der Waals surface area (Å²) in [5.41, 5.74) is 5.34. The molecule has 2 aromatic rings. The van der Waals surface area contributed by atoms with Crippen molar-refractivity contribution >= 4 is 17.5 Å². The number of benzene rings is 1. The number of rotatable bonds is 4. The average molecular weight is 344 g/mol. The van der Waals surface area contributed by atoms with Crippen LogP contribution in [0, 0.1) is 0 Å². The van der Waals surface area contributed by atoms with Crippen molar-refractivity contribution in [2.24, 2.45) is 0 Å². The number of aryl methyl sites for hydroxylation is 3. The van der Waals surface area contributed by atoms with Crippen LogP contribution in [0.4, 0.5) is 0 Å². The smallest absolute Gasteiger partial charge is 0.238 e. The molecular weight excluding hydrogens is 322 g/mol. The van der Waals surface area contributed by atoms with Crippen molar-refractivity contribution in [3.05, 3.63) is 53.1 Å². The molecule has 0 saturated heterocycles. The van der Waals surface area contributed by atoms with Crippen LogP contribution in [-0.2, 0) is 37.1 Å². The van der Waals surface area contributed by atoms with Crippen LogP contribution in [0.2, 0.25) is 0 Å². The maximum Gasteiger partial charge on any atom is 0.238 e. The molecule has 1 amide bonds. The molecule has 24 heavy (non-hydrogen) atoms. The number of carbonyl (C=O) groups excluding carboxylic acids is 1. The van der Waals surface area contributed by atoms with Gasteiger partial charge in [0.15, 0.2) is 0 Å². The normalized spacial score (nSPS) is 19.0. The fourth-order valence-electron chi connectivity index (χ4n) is 4.03. The number of alkyl halides is 1. The van der Waals surface area contributed by atoms with E-state index < -0.39 is 0 Å². The lowest BCUT2D eigenvalue weighted by Gasteiger charge is -2.34. The SMILES string of the molecule is O=C(CCl)N(Cc1ccc2c(c1)CCC2)C1CCn2cncc2C1. The number of halogens is 1. The van der Waals surface area contributed by atoms with Crippen molar-refractivity contribution < 1.29 is 4.79 Å². The van der Waals surface area contributed by atoms with Gasteiger partial charge in [0.05, 0.1) is 6.33 Å². The molecule has 2 aliphatic rings. The lowest BCUT2D eigenvalue weighted by Crippen LogP contribution is -2.44. The van der Waals surface area contributed by atoms with Crippen LogP contribution < -0.4 is 0 Å². The minimum Gasteiger partial charge on any atom is -0.334 e. The van der Waals surface area contributed by atoms with Gasteiger partial charge in [-0.05, 0) is 42.4 Å². The Morgan fingerprint density at radius 2 is 2.21 bits per heavy atom. The van der Waals surface area contributed by atoms with E-state index in [2.05, 4.69) is 27.8 Å². The van der Waals surface area contributed by atoms with Gasteiger partial charge >= 0.3 is 0 Å². The van der Waals surface area contributed by atoms with E-state index in [0.717, 1.165) is 25.8 Å². The summed E-state index contributed by atoms with van der Waals surface area (Å²) in [7, 11) is 0. The van der Waals surface area contributed by atoms with Crippen molar-refractivity contribution in [3.8, 4) is 0 Å². The molecule has 4 nitrogen and oxygen atoms in total. The fourth-order valence-corrected chi connectivity index (χ4v) is 4.19. The lowest BCUT2D eigenvalue weighted by atomic mass is 10.0. The maximum absolute atomic E-state index is 12.5. The second kappa shape index (κ2) is 6.60. The number of hydrogen-bond acceptors (Lipinski definition) is 2. The molecule has 0 bridgehead atoms. The van der Waals surface area contributed by atoms with Crippen molar-refractivity contribution in [2.75, 3.05) is 5.88 Å². The van der Waals surface area contributed by atoms with Crippen molar-refractivity contribution in [3.63, 3.8) is 0 Å². The van der Waals surface area contributed by atoms with Gasteiger partial charge in [-0.15, -0.1) is 11.6 Å². The molecule has 126 valence electrons. The van der Waals surface area contributed by atoms with Gasteiger partial charge in [-0.3, -0.25) is 4.79 Å². The number of hydrogen-bond donors (Lipinski definition) is 0. The summed E-state index contributed by atoms with van der Waals surface area (Å²) in [6.45, 7) is 1.56. The van der Waals surface area contributed by atoms with E-state index in [0.29, 0.717) is 6.54 Å². The highest BCUT2D eigenvalue weighted by atomic mass is 35.5. The highest BCUT2D eigenvalue weighted by Crippen LogP contribution is 2.25. The standard InChI is InChI=1S/C19H22ClN3O/c20-10-19(24)23(17-6-7-22-13-21-11-18(22)9-17)12-14-4-5-15-2-1-3-16(15)8-14/h4-5,8,11,13,17H,1-3,6-7,9-10,12H2. The molecule has 0 N–H and O–H groups in total. The first-order valence-corrected chi connectivity index (χ1v) is 9.23. The molecule has 4 rings (SSSR count). The van der Waals surface area contributed by atoms with E-state index in [-0.39, 0.29) is 17.8 Å².